The zero-order valence-electron chi connectivity index (χ0n) is 16.8. The fourth-order valence-electron chi connectivity index (χ4n) is 4.28. The second kappa shape index (κ2) is 8.83. The van der Waals surface area contributed by atoms with E-state index in [2.05, 4.69) is 64.5 Å². The highest BCUT2D eigenvalue weighted by atomic mass is 15.4. The van der Waals surface area contributed by atoms with E-state index >= 15 is 0 Å². The second-order valence-electron chi connectivity index (χ2n) is 8.35. The van der Waals surface area contributed by atoms with Gasteiger partial charge in [-0.2, -0.15) is 0 Å². The van der Waals surface area contributed by atoms with Gasteiger partial charge in [-0.25, -0.2) is 9.97 Å². The Bertz CT molecular complexity index is 616. The zero-order valence-corrected chi connectivity index (χ0v) is 16.8. The van der Waals surface area contributed by atoms with Crippen molar-refractivity contribution in [2.75, 3.05) is 45.2 Å². The SMILES string of the molecule is CC(C)CN(C)CCCC#Cc1cnc(N2C3CCC2CN(C)C3)nc1. The van der Waals surface area contributed by atoms with Crippen LogP contribution in [0, 0.1) is 17.8 Å². The second-order valence-corrected chi connectivity index (χ2v) is 8.35. The van der Waals surface area contributed by atoms with Gasteiger partial charge in [0.25, 0.3) is 0 Å². The Kier molecular flexibility index (Phi) is 6.50. The van der Waals surface area contributed by atoms with Gasteiger partial charge in [0, 0.05) is 50.5 Å². The molecule has 0 spiro atoms. The number of piperazine rings is 1. The van der Waals surface area contributed by atoms with E-state index in [9.17, 15) is 0 Å². The van der Waals surface area contributed by atoms with Crippen LogP contribution >= 0.6 is 0 Å². The minimum atomic E-state index is 0.568. The largest absolute Gasteiger partial charge is 0.332 e. The third-order valence-electron chi connectivity index (χ3n) is 5.29. The van der Waals surface area contributed by atoms with Crippen LogP contribution in [-0.4, -0.2) is 72.1 Å². The number of aromatic nitrogens is 2. The standard InChI is InChI=1S/C21H33N5/c1-17(2)14-24(3)11-7-5-6-8-18-12-22-21(23-13-18)26-19-9-10-20(26)16-25(4)15-19/h12-13,17,19-20H,5,7,9-11,14-16H2,1-4H3. The van der Waals surface area contributed by atoms with Gasteiger partial charge in [0.15, 0.2) is 0 Å². The highest BCUT2D eigenvalue weighted by Gasteiger charge is 2.39. The average molecular weight is 356 g/mol. The number of unbranched alkanes of at least 4 members (excludes halogenated alkanes) is 1. The molecule has 26 heavy (non-hydrogen) atoms. The molecule has 5 nitrogen and oxygen atoms in total. The summed E-state index contributed by atoms with van der Waals surface area (Å²) in [7, 11) is 4.40. The molecule has 2 saturated heterocycles. The van der Waals surface area contributed by atoms with Gasteiger partial charge < -0.3 is 14.7 Å². The number of likely N-dealkylation sites (tertiary alicyclic amines) is 1. The van der Waals surface area contributed by atoms with Gasteiger partial charge in [-0.1, -0.05) is 25.7 Å². The first-order valence-corrected chi connectivity index (χ1v) is 9.99. The van der Waals surface area contributed by atoms with E-state index in [0.29, 0.717) is 12.1 Å². The minimum Gasteiger partial charge on any atom is -0.332 e. The molecule has 2 aliphatic heterocycles. The van der Waals surface area contributed by atoms with Crippen LogP contribution in [0.2, 0.25) is 0 Å². The smallest absolute Gasteiger partial charge is 0.225 e. The molecule has 2 bridgehead atoms. The van der Waals surface area contributed by atoms with E-state index < -0.39 is 0 Å². The minimum absolute atomic E-state index is 0.568. The van der Waals surface area contributed by atoms with Gasteiger partial charge in [-0.05, 0) is 45.8 Å². The molecule has 0 amide bonds. The average Bonchev–Trinajstić information content (AvgIpc) is 2.86. The van der Waals surface area contributed by atoms with Crippen molar-refractivity contribution in [1.82, 2.24) is 19.8 Å². The third-order valence-corrected chi connectivity index (χ3v) is 5.29. The highest BCUT2D eigenvalue weighted by molar-refractivity contribution is 5.40. The molecule has 2 atom stereocenters. The lowest BCUT2D eigenvalue weighted by atomic mass is 10.2. The predicted octanol–water partition coefficient (Wildman–Crippen LogP) is 2.48. The van der Waals surface area contributed by atoms with E-state index in [1.165, 1.54) is 12.8 Å². The molecule has 0 aliphatic carbocycles. The molecule has 0 N–H and O–H groups in total. The summed E-state index contributed by atoms with van der Waals surface area (Å²) >= 11 is 0. The summed E-state index contributed by atoms with van der Waals surface area (Å²) in [6.45, 7) is 9.01. The number of hydrogen-bond donors (Lipinski definition) is 0. The summed E-state index contributed by atoms with van der Waals surface area (Å²) < 4.78 is 0. The van der Waals surface area contributed by atoms with Crippen molar-refractivity contribution in [2.45, 2.75) is 51.6 Å². The number of fused-ring (bicyclic) bond motifs is 2. The lowest BCUT2D eigenvalue weighted by Crippen LogP contribution is -2.53. The summed E-state index contributed by atoms with van der Waals surface area (Å²) in [4.78, 5) is 16.5. The molecule has 142 valence electrons. The van der Waals surface area contributed by atoms with Crippen LogP contribution in [0.25, 0.3) is 0 Å². The van der Waals surface area contributed by atoms with Crippen LogP contribution in [0.5, 0.6) is 0 Å². The van der Waals surface area contributed by atoms with E-state index in [-0.39, 0.29) is 0 Å². The third kappa shape index (κ3) is 4.96. The Morgan fingerprint density at radius 2 is 1.85 bits per heavy atom. The van der Waals surface area contributed by atoms with Crippen LogP contribution in [-0.2, 0) is 0 Å². The van der Waals surface area contributed by atoms with E-state index in [1.807, 2.05) is 12.4 Å². The van der Waals surface area contributed by atoms with Crippen LogP contribution < -0.4 is 4.90 Å². The van der Waals surface area contributed by atoms with Crippen molar-refractivity contribution in [1.29, 1.82) is 0 Å². The fraction of sp³-hybridized carbons (Fsp3) is 0.714. The molecule has 2 fully saturated rings. The first-order chi connectivity index (χ1) is 12.5. The monoisotopic (exact) mass is 355 g/mol. The fourth-order valence-corrected chi connectivity index (χ4v) is 4.28. The highest BCUT2D eigenvalue weighted by Crippen LogP contribution is 2.32. The summed E-state index contributed by atoms with van der Waals surface area (Å²) in [6, 6.07) is 1.14. The molecule has 0 radical (unpaired) electrons. The van der Waals surface area contributed by atoms with Crippen molar-refractivity contribution < 1.29 is 0 Å². The van der Waals surface area contributed by atoms with Gasteiger partial charge in [-0.15, -0.1) is 0 Å². The summed E-state index contributed by atoms with van der Waals surface area (Å²) in [5.74, 6) is 8.08. The van der Waals surface area contributed by atoms with E-state index in [4.69, 9.17) is 0 Å². The first kappa shape index (κ1) is 19.1. The topological polar surface area (TPSA) is 35.5 Å². The first-order valence-electron chi connectivity index (χ1n) is 9.99. The quantitative estimate of drug-likeness (QED) is 0.579. The van der Waals surface area contributed by atoms with Gasteiger partial charge in [-0.3, -0.25) is 0 Å². The van der Waals surface area contributed by atoms with Gasteiger partial charge >= 0.3 is 0 Å². The Morgan fingerprint density at radius 1 is 1.19 bits per heavy atom. The Balaban J connectivity index is 1.48. The number of nitrogens with zero attached hydrogens (tertiary/aromatic N) is 5. The number of anilines is 1. The number of likely N-dealkylation sites (N-methyl/N-ethyl adjacent to an activating group) is 1. The van der Waals surface area contributed by atoms with Gasteiger partial charge in [0.05, 0.1) is 5.56 Å². The maximum atomic E-state index is 4.61. The lowest BCUT2D eigenvalue weighted by Gasteiger charge is -2.39. The van der Waals surface area contributed by atoms with Crippen molar-refractivity contribution in [2.24, 2.45) is 5.92 Å². The predicted molar refractivity (Wildman–Crippen MR) is 107 cm³/mol. The molecule has 5 heteroatoms. The zero-order chi connectivity index (χ0) is 18.5. The molecule has 2 unspecified atom stereocenters. The van der Waals surface area contributed by atoms with Crippen LogP contribution in [0.15, 0.2) is 12.4 Å². The van der Waals surface area contributed by atoms with E-state index in [1.54, 1.807) is 0 Å². The maximum absolute atomic E-state index is 4.61. The molecular formula is C21H33N5. The Morgan fingerprint density at radius 3 is 2.46 bits per heavy atom. The van der Waals surface area contributed by atoms with Gasteiger partial charge in [0.2, 0.25) is 5.95 Å². The lowest BCUT2D eigenvalue weighted by molar-refractivity contribution is 0.262. The molecular weight excluding hydrogens is 322 g/mol. The van der Waals surface area contributed by atoms with E-state index in [0.717, 1.165) is 56.5 Å². The summed E-state index contributed by atoms with van der Waals surface area (Å²) in [5.41, 5.74) is 0.922. The van der Waals surface area contributed by atoms with Crippen molar-refractivity contribution in [3.8, 4) is 11.8 Å². The Labute approximate surface area is 158 Å². The van der Waals surface area contributed by atoms with Crippen molar-refractivity contribution in [3.05, 3.63) is 18.0 Å². The molecule has 3 heterocycles. The normalized spacial score (nSPS) is 22.8. The molecule has 0 saturated carbocycles. The molecule has 1 aromatic rings. The maximum Gasteiger partial charge on any atom is 0.225 e. The summed E-state index contributed by atoms with van der Waals surface area (Å²) in [6.07, 6.45) is 8.32. The van der Waals surface area contributed by atoms with Gasteiger partial charge in [0.1, 0.15) is 0 Å². The van der Waals surface area contributed by atoms with Crippen molar-refractivity contribution >= 4 is 5.95 Å². The molecule has 2 aliphatic rings. The number of rotatable bonds is 6. The Hall–Kier alpha value is -1.64. The number of hydrogen-bond acceptors (Lipinski definition) is 5. The molecule has 0 aromatic carbocycles. The van der Waals surface area contributed by atoms with Crippen LogP contribution in [0.3, 0.4) is 0 Å². The molecule has 3 rings (SSSR count). The van der Waals surface area contributed by atoms with Crippen LogP contribution in [0.1, 0.15) is 45.1 Å². The molecule has 1 aromatic heterocycles. The summed E-state index contributed by atoms with van der Waals surface area (Å²) in [5, 5.41) is 0. The van der Waals surface area contributed by atoms with Crippen LogP contribution in [0.4, 0.5) is 5.95 Å². The van der Waals surface area contributed by atoms with Crippen molar-refractivity contribution in [3.63, 3.8) is 0 Å².